The number of hydrogen-bond donors (Lipinski definition) is 1. The third-order valence-corrected chi connectivity index (χ3v) is 7.82. The molecule has 1 aliphatic heterocycles. The van der Waals surface area contributed by atoms with Crippen LogP contribution in [0.5, 0.6) is 11.5 Å². The smallest absolute Gasteiger partial charge is 0.215 e. The molecule has 0 fully saturated rings. The van der Waals surface area contributed by atoms with E-state index in [0.29, 0.717) is 11.3 Å². The van der Waals surface area contributed by atoms with Gasteiger partial charge in [0, 0.05) is 5.56 Å². The molecule has 1 aromatic heterocycles. The van der Waals surface area contributed by atoms with E-state index in [1.54, 1.807) is 31.4 Å². The lowest BCUT2D eigenvalue weighted by Crippen LogP contribution is -2.20. The van der Waals surface area contributed by atoms with E-state index in [1.165, 1.54) is 0 Å². The summed E-state index contributed by atoms with van der Waals surface area (Å²) >= 11 is 5.08. The zero-order valence-corrected chi connectivity index (χ0v) is 18.4. The molecule has 0 saturated heterocycles. The van der Waals surface area contributed by atoms with Crippen molar-refractivity contribution >= 4 is 37.3 Å². The zero-order valence-electron chi connectivity index (χ0n) is 15.2. The highest BCUT2D eigenvalue weighted by atomic mass is 79.9. The quantitative estimate of drug-likeness (QED) is 0.569. The number of ether oxygens (including phenoxy) is 2. The van der Waals surface area contributed by atoms with Crippen molar-refractivity contribution in [2.75, 3.05) is 7.11 Å². The fraction of sp³-hybridized carbons (Fsp3) is 0.200. The van der Waals surface area contributed by atoms with Gasteiger partial charge in [-0.3, -0.25) is 0 Å². The van der Waals surface area contributed by atoms with Crippen LogP contribution in [0.4, 0.5) is 0 Å². The molecule has 28 heavy (non-hydrogen) atoms. The van der Waals surface area contributed by atoms with E-state index in [1.807, 2.05) is 42.5 Å². The molecule has 2 N–H and O–H groups in total. The lowest BCUT2D eigenvalue weighted by molar-refractivity contribution is 0.245. The Hall–Kier alpha value is -1.87. The highest BCUT2D eigenvalue weighted by Gasteiger charge is 2.32. The molecule has 0 aliphatic carbocycles. The summed E-state index contributed by atoms with van der Waals surface area (Å²) in [6.45, 7) is 1.59. The standard InChI is InChI=1S/C20H18BrNO4S2/c1-11(28(22,23)24)12-6-7-13-14(10-12)20(17-8-9-18(21)27-17)26-16-5-3-4-15(25-2)19(13)16/h3-11,20H,1-2H3,(H2,22,23,24). The molecular weight excluding hydrogens is 462 g/mol. The van der Waals surface area contributed by atoms with Gasteiger partial charge in [0.2, 0.25) is 10.0 Å². The van der Waals surface area contributed by atoms with Crippen molar-refractivity contribution in [1.29, 1.82) is 0 Å². The van der Waals surface area contributed by atoms with Gasteiger partial charge in [-0.05, 0) is 64.3 Å². The van der Waals surface area contributed by atoms with Crippen molar-refractivity contribution in [3.63, 3.8) is 0 Å². The fourth-order valence-electron chi connectivity index (χ4n) is 3.38. The van der Waals surface area contributed by atoms with Crippen LogP contribution in [0.25, 0.3) is 11.1 Å². The summed E-state index contributed by atoms with van der Waals surface area (Å²) in [5.41, 5.74) is 3.34. The van der Waals surface area contributed by atoms with Crippen molar-refractivity contribution in [2.45, 2.75) is 18.3 Å². The maximum absolute atomic E-state index is 11.9. The number of sulfonamides is 1. The molecule has 0 spiro atoms. The number of primary sulfonamides is 1. The topological polar surface area (TPSA) is 78.6 Å². The Morgan fingerprint density at radius 2 is 2.00 bits per heavy atom. The molecule has 3 aromatic rings. The second kappa shape index (κ2) is 7.18. The van der Waals surface area contributed by atoms with Gasteiger partial charge in [0.25, 0.3) is 0 Å². The van der Waals surface area contributed by atoms with Gasteiger partial charge in [-0.1, -0.05) is 18.2 Å². The maximum atomic E-state index is 11.9. The Morgan fingerprint density at radius 3 is 2.64 bits per heavy atom. The summed E-state index contributed by atoms with van der Waals surface area (Å²) in [6, 6.07) is 15.3. The minimum atomic E-state index is -3.70. The van der Waals surface area contributed by atoms with Crippen LogP contribution in [0.1, 0.15) is 34.3 Å². The molecule has 0 saturated carbocycles. The van der Waals surface area contributed by atoms with Crippen LogP contribution in [-0.4, -0.2) is 15.5 Å². The third-order valence-electron chi connectivity index (χ3n) is 4.89. The average molecular weight is 480 g/mol. The van der Waals surface area contributed by atoms with Crippen LogP contribution < -0.4 is 14.6 Å². The number of thiophene rings is 1. The lowest BCUT2D eigenvalue weighted by atomic mass is 9.89. The molecule has 4 rings (SSSR count). The number of fused-ring (bicyclic) bond motifs is 3. The van der Waals surface area contributed by atoms with Crippen molar-refractivity contribution in [3.05, 3.63) is 68.3 Å². The Morgan fingerprint density at radius 1 is 1.21 bits per heavy atom. The molecule has 146 valence electrons. The highest BCUT2D eigenvalue weighted by molar-refractivity contribution is 9.11. The Balaban J connectivity index is 1.95. The van der Waals surface area contributed by atoms with Gasteiger partial charge in [-0.25, -0.2) is 13.6 Å². The van der Waals surface area contributed by atoms with E-state index >= 15 is 0 Å². The molecule has 2 atom stereocenters. The predicted octanol–water partition coefficient (Wildman–Crippen LogP) is 5.02. The number of benzene rings is 2. The minimum Gasteiger partial charge on any atom is -0.496 e. The van der Waals surface area contributed by atoms with Crippen LogP contribution in [0.2, 0.25) is 0 Å². The van der Waals surface area contributed by atoms with Crippen LogP contribution >= 0.6 is 27.3 Å². The van der Waals surface area contributed by atoms with Crippen molar-refractivity contribution in [3.8, 4) is 22.6 Å². The number of halogens is 1. The number of hydrogen-bond acceptors (Lipinski definition) is 5. The molecule has 0 radical (unpaired) electrons. The normalized spacial score (nSPS) is 16.6. The third kappa shape index (κ3) is 3.34. The largest absolute Gasteiger partial charge is 0.496 e. The first-order chi connectivity index (χ1) is 13.3. The van der Waals surface area contributed by atoms with Gasteiger partial charge >= 0.3 is 0 Å². The predicted molar refractivity (Wildman–Crippen MR) is 114 cm³/mol. The van der Waals surface area contributed by atoms with E-state index < -0.39 is 15.3 Å². The first-order valence-corrected chi connectivity index (χ1v) is 11.8. The Labute approximate surface area is 176 Å². The van der Waals surface area contributed by atoms with Gasteiger partial charge in [-0.15, -0.1) is 11.3 Å². The molecule has 2 unspecified atom stereocenters. The van der Waals surface area contributed by atoms with Crippen molar-refractivity contribution in [1.82, 2.24) is 0 Å². The van der Waals surface area contributed by atoms with Crippen LogP contribution in [0.3, 0.4) is 0 Å². The van der Waals surface area contributed by atoms with Crippen LogP contribution in [0.15, 0.2) is 52.3 Å². The average Bonchev–Trinajstić information content (AvgIpc) is 3.11. The molecular formula is C20H18BrNO4S2. The highest BCUT2D eigenvalue weighted by Crippen LogP contribution is 2.50. The molecule has 0 bridgehead atoms. The van der Waals surface area contributed by atoms with Gasteiger partial charge in [0.15, 0.2) is 6.10 Å². The first-order valence-electron chi connectivity index (χ1n) is 8.54. The van der Waals surface area contributed by atoms with Gasteiger partial charge in [0.05, 0.1) is 26.6 Å². The van der Waals surface area contributed by atoms with Gasteiger partial charge < -0.3 is 9.47 Å². The van der Waals surface area contributed by atoms with Gasteiger partial charge in [-0.2, -0.15) is 0 Å². The molecule has 0 amide bonds. The van der Waals surface area contributed by atoms with E-state index in [2.05, 4.69) is 15.9 Å². The molecule has 5 nitrogen and oxygen atoms in total. The fourth-order valence-corrected chi connectivity index (χ4v) is 5.38. The number of nitrogens with two attached hydrogens (primary N) is 1. The summed E-state index contributed by atoms with van der Waals surface area (Å²) in [7, 11) is -2.08. The molecule has 2 aromatic carbocycles. The van der Waals surface area contributed by atoms with E-state index in [-0.39, 0.29) is 6.10 Å². The Kier molecular flexibility index (Phi) is 4.99. The second-order valence-electron chi connectivity index (χ2n) is 6.55. The maximum Gasteiger partial charge on any atom is 0.215 e. The van der Waals surface area contributed by atoms with Crippen LogP contribution in [0, 0.1) is 0 Å². The monoisotopic (exact) mass is 479 g/mol. The van der Waals surface area contributed by atoms with Crippen molar-refractivity contribution < 1.29 is 17.9 Å². The molecule has 8 heteroatoms. The Bertz CT molecular complexity index is 1160. The number of methoxy groups -OCH3 is 1. The molecule has 1 aliphatic rings. The summed E-state index contributed by atoms with van der Waals surface area (Å²) in [4.78, 5) is 1.02. The van der Waals surface area contributed by atoms with E-state index in [0.717, 1.165) is 31.1 Å². The summed E-state index contributed by atoms with van der Waals surface area (Å²) in [6.07, 6.45) is -0.349. The molecule has 2 heterocycles. The van der Waals surface area contributed by atoms with Crippen molar-refractivity contribution in [2.24, 2.45) is 5.14 Å². The van der Waals surface area contributed by atoms with E-state index in [4.69, 9.17) is 14.6 Å². The van der Waals surface area contributed by atoms with Crippen LogP contribution in [-0.2, 0) is 10.0 Å². The minimum absolute atomic E-state index is 0.349. The zero-order chi connectivity index (χ0) is 20.1. The van der Waals surface area contributed by atoms with E-state index in [9.17, 15) is 8.42 Å². The summed E-state index contributed by atoms with van der Waals surface area (Å²) in [5.74, 6) is 1.44. The lowest BCUT2D eigenvalue weighted by Gasteiger charge is -2.30. The van der Waals surface area contributed by atoms with Gasteiger partial charge in [0.1, 0.15) is 11.5 Å². The first kappa shape index (κ1) is 19.4. The second-order valence-corrected chi connectivity index (χ2v) is 10.9. The summed E-state index contributed by atoms with van der Waals surface area (Å²) in [5, 5.41) is 4.56. The number of rotatable bonds is 4. The summed E-state index contributed by atoms with van der Waals surface area (Å²) < 4.78 is 36.6. The SMILES string of the molecule is COc1cccc2c1-c1ccc(C(C)S(N)(=O)=O)cc1C(c1ccc(Br)s1)O2.